The van der Waals surface area contributed by atoms with Gasteiger partial charge in [0.15, 0.2) is 0 Å². The van der Waals surface area contributed by atoms with Crippen molar-refractivity contribution in [2.75, 3.05) is 19.7 Å². The second-order valence-electron chi connectivity index (χ2n) is 6.65. The monoisotopic (exact) mass is 267 g/mol. The van der Waals surface area contributed by atoms with Crippen molar-refractivity contribution in [1.29, 1.82) is 0 Å². The third-order valence-corrected chi connectivity index (χ3v) is 5.14. The van der Waals surface area contributed by atoms with Crippen LogP contribution in [-0.4, -0.2) is 37.5 Å². The van der Waals surface area contributed by atoms with Gasteiger partial charge in [-0.25, -0.2) is 0 Å². The fraction of sp³-hybridized carbons (Fsp3) is 1.00. The molecule has 2 atom stereocenters. The predicted molar refractivity (Wildman–Crippen MR) is 76.4 cm³/mol. The molecule has 3 fully saturated rings. The highest BCUT2D eigenvalue weighted by atomic mass is 16.5. The molecule has 3 nitrogen and oxygen atoms in total. The zero-order valence-electron chi connectivity index (χ0n) is 12.2. The summed E-state index contributed by atoms with van der Waals surface area (Å²) in [6.07, 6.45) is 14.0. The normalized spacial score (nSPS) is 34.1. The first kappa shape index (κ1) is 13.8. The molecule has 0 amide bonds. The molecule has 0 radical (unpaired) electrons. The highest BCUT2D eigenvalue weighted by Crippen LogP contribution is 2.41. The van der Waals surface area contributed by atoms with E-state index in [1.54, 1.807) is 0 Å². The molecule has 0 bridgehead atoms. The Labute approximate surface area is 117 Å². The summed E-state index contributed by atoms with van der Waals surface area (Å²) in [4.78, 5) is 0. The van der Waals surface area contributed by atoms with Gasteiger partial charge in [0.1, 0.15) is 0 Å². The van der Waals surface area contributed by atoms with Gasteiger partial charge in [0.05, 0.1) is 17.8 Å². The van der Waals surface area contributed by atoms with E-state index in [1.165, 1.54) is 57.8 Å². The number of hydrogen-bond donors (Lipinski definition) is 1. The van der Waals surface area contributed by atoms with E-state index in [9.17, 15) is 0 Å². The molecule has 1 spiro atoms. The van der Waals surface area contributed by atoms with Crippen LogP contribution in [-0.2, 0) is 9.47 Å². The first-order valence-corrected chi connectivity index (χ1v) is 8.36. The standard InChI is InChI=1S/C16H29NO2/c1-2-8-16(9-3-1)10-6-15(19-16)13-17-11-7-14-5-4-12-18-14/h14-15,17H,1-13H2. The molecular weight excluding hydrogens is 238 g/mol. The minimum absolute atomic E-state index is 0.277. The van der Waals surface area contributed by atoms with Crippen molar-refractivity contribution in [3.63, 3.8) is 0 Å². The van der Waals surface area contributed by atoms with Crippen molar-refractivity contribution < 1.29 is 9.47 Å². The first-order valence-electron chi connectivity index (χ1n) is 8.36. The minimum Gasteiger partial charge on any atom is -0.378 e. The van der Waals surface area contributed by atoms with Crippen LogP contribution in [0.25, 0.3) is 0 Å². The minimum atomic E-state index is 0.277. The van der Waals surface area contributed by atoms with Crippen LogP contribution in [0.5, 0.6) is 0 Å². The van der Waals surface area contributed by atoms with Crippen LogP contribution in [0.2, 0.25) is 0 Å². The smallest absolute Gasteiger partial charge is 0.0708 e. The SMILES string of the molecule is C1CCC2(CC1)CCC(CNCCC1CCCO1)O2. The second-order valence-corrected chi connectivity index (χ2v) is 6.65. The lowest BCUT2D eigenvalue weighted by Gasteiger charge is -2.33. The summed E-state index contributed by atoms with van der Waals surface area (Å²) in [5, 5.41) is 3.57. The van der Waals surface area contributed by atoms with Gasteiger partial charge in [-0.05, 0) is 51.5 Å². The zero-order chi connectivity index (χ0) is 13.0. The first-order chi connectivity index (χ1) is 9.36. The Kier molecular flexibility index (Phi) is 4.78. The Morgan fingerprint density at radius 2 is 1.84 bits per heavy atom. The summed E-state index contributed by atoms with van der Waals surface area (Å²) in [5.74, 6) is 0. The average molecular weight is 267 g/mol. The molecule has 2 aliphatic heterocycles. The highest BCUT2D eigenvalue weighted by Gasteiger charge is 2.40. The van der Waals surface area contributed by atoms with Gasteiger partial charge in [-0.1, -0.05) is 19.3 Å². The quantitative estimate of drug-likeness (QED) is 0.777. The molecular formula is C16H29NO2. The second kappa shape index (κ2) is 6.55. The van der Waals surface area contributed by atoms with Crippen molar-refractivity contribution in [3.05, 3.63) is 0 Å². The maximum absolute atomic E-state index is 6.37. The Morgan fingerprint density at radius 1 is 0.947 bits per heavy atom. The number of rotatable bonds is 5. The molecule has 3 aliphatic rings. The van der Waals surface area contributed by atoms with Crippen LogP contribution < -0.4 is 5.32 Å². The number of ether oxygens (including phenoxy) is 2. The molecule has 2 saturated heterocycles. The van der Waals surface area contributed by atoms with E-state index in [0.29, 0.717) is 12.2 Å². The molecule has 0 aromatic rings. The van der Waals surface area contributed by atoms with E-state index < -0.39 is 0 Å². The largest absolute Gasteiger partial charge is 0.378 e. The van der Waals surface area contributed by atoms with Crippen LogP contribution in [0.3, 0.4) is 0 Å². The van der Waals surface area contributed by atoms with Crippen molar-refractivity contribution in [3.8, 4) is 0 Å². The Bertz CT molecular complexity index is 270. The summed E-state index contributed by atoms with van der Waals surface area (Å²) >= 11 is 0. The zero-order valence-corrected chi connectivity index (χ0v) is 12.2. The lowest BCUT2D eigenvalue weighted by molar-refractivity contribution is -0.0624. The van der Waals surface area contributed by atoms with Crippen LogP contribution in [0.4, 0.5) is 0 Å². The van der Waals surface area contributed by atoms with E-state index in [4.69, 9.17) is 9.47 Å². The van der Waals surface area contributed by atoms with Crippen LogP contribution >= 0.6 is 0 Å². The predicted octanol–water partition coefficient (Wildman–Crippen LogP) is 3.03. The molecule has 0 aromatic heterocycles. The molecule has 2 unspecified atom stereocenters. The third kappa shape index (κ3) is 3.71. The van der Waals surface area contributed by atoms with Gasteiger partial charge in [-0.2, -0.15) is 0 Å². The van der Waals surface area contributed by atoms with Crippen molar-refractivity contribution in [1.82, 2.24) is 5.32 Å². The fourth-order valence-corrected chi connectivity index (χ4v) is 4.00. The molecule has 0 aromatic carbocycles. The molecule has 1 aliphatic carbocycles. The molecule has 110 valence electrons. The molecule has 3 heteroatoms. The summed E-state index contributed by atoms with van der Waals surface area (Å²) in [5.41, 5.74) is 0.277. The van der Waals surface area contributed by atoms with Crippen molar-refractivity contribution in [2.24, 2.45) is 0 Å². The van der Waals surface area contributed by atoms with Crippen LogP contribution in [0.1, 0.15) is 64.2 Å². The molecule has 3 rings (SSSR count). The van der Waals surface area contributed by atoms with E-state index >= 15 is 0 Å². The molecule has 19 heavy (non-hydrogen) atoms. The van der Waals surface area contributed by atoms with Gasteiger partial charge in [-0.3, -0.25) is 0 Å². The van der Waals surface area contributed by atoms with E-state index in [0.717, 1.165) is 26.1 Å². The van der Waals surface area contributed by atoms with Gasteiger partial charge in [0, 0.05) is 13.2 Å². The maximum Gasteiger partial charge on any atom is 0.0708 e. The Balaban J connectivity index is 1.31. The van der Waals surface area contributed by atoms with Gasteiger partial charge in [0.2, 0.25) is 0 Å². The van der Waals surface area contributed by atoms with Gasteiger partial charge in [0.25, 0.3) is 0 Å². The topological polar surface area (TPSA) is 30.5 Å². The molecule has 2 heterocycles. The summed E-state index contributed by atoms with van der Waals surface area (Å²) in [6.45, 7) is 3.09. The summed E-state index contributed by atoms with van der Waals surface area (Å²) in [7, 11) is 0. The van der Waals surface area contributed by atoms with Crippen LogP contribution in [0.15, 0.2) is 0 Å². The average Bonchev–Trinajstić information content (AvgIpc) is 3.07. The summed E-state index contributed by atoms with van der Waals surface area (Å²) < 4.78 is 12.0. The Morgan fingerprint density at radius 3 is 2.63 bits per heavy atom. The van der Waals surface area contributed by atoms with E-state index in [-0.39, 0.29) is 5.60 Å². The van der Waals surface area contributed by atoms with Crippen molar-refractivity contribution in [2.45, 2.75) is 82.0 Å². The number of hydrogen-bond acceptors (Lipinski definition) is 3. The van der Waals surface area contributed by atoms with Gasteiger partial charge >= 0.3 is 0 Å². The van der Waals surface area contributed by atoms with Crippen molar-refractivity contribution >= 4 is 0 Å². The lowest BCUT2D eigenvalue weighted by atomic mass is 9.83. The highest BCUT2D eigenvalue weighted by molar-refractivity contribution is 4.91. The lowest BCUT2D eigenvalue weighted by Crippen LogP contribution is -2.35. The number of nitrogens with one attached hydrogen (secondary N) is 1. The van der Waals surface area contributed by atoms with Gasteiger partial charge in [-0.15, -0.1) is 0 Å². The molecule has 1 saturated carbocycles. The van der Waals surface area contributed by atoms with E-state index in [1.807, 2.05) is 0 Å². The maximum atomic E-state index is 6.37. The van der Waals surface area contributed by atoms with E-state index in [2.05, 4.69) is 5.32 Å². The molecule has 1 N–H and O–H groups in total. The fourth-order valence-electron chi connectivity index (χ4n) is 4.00. The summed E-state index contributed by atoms with van der Waals surface area (Å²) in [6, 6.07) is 0. The van der Waals surface area contributed by atoms with Crippen LogP contribution in [0, 0.1) is 0 Å². The third-order valence-electron chi connectivity index (χ3n) is 5.14. The van der Waals surface area contributed by atoms with Gasteiger partial charge < -0.3 is 14.8 Å². The Hall–Kier alpha value is -0.120.